The minimum Gasteiger partial charge on any atom is -0.395 e. The molecule has 0 radical (unpaired) electrons. The number of aliphatic hydroxyl groups excluding tert-OH is 1. The molecule has 1 aromatic rings. The third-order valence-electron chi connectivity index (χ3n) is 1.71. The molecule has 3 nitrogen and oxygen atoms in total. The van der Waals surface area contributed by atoms with E-state index in [1.54, 1.807) is 0 Å². The van der Waals surface area contributed by atoms with Crippen LogP contribution >= 0.6 is 11.8 Å². The molecule has 0 aliphatic heterocycles. The van der Waals surface area contributed by atoms with Gasteiger partial charge in [0.25, 0.3) is 0 Å². The number of aliphatic hydroxyl groups is 1. The summed E-state index contributed by atoms with van der Waals surface area (Å²) in [5.41, 5.74) is 0. The molecule has 0 saturated carbocycles. The zero-order valence-electron chi connectivity index (χ0n) is 7.73. The molecule has 6 heteroatoms. The largest absolute Gasteiger partial charge is 0.395 e. The van der Waals surface area contributed by atoms with Crippen molar-refractivity contribution in [1.29, 1.82) is 0 Å². The Morgan fingerprint density at radius 1 is 1.64 bits per heavy atom. The number of rotatable bonds is 5. The Morgan fingerprint density at radius 2 is 2.36 bits per heavy atom. The van der Waals surface area contributed by atoms with E-state index in [0.717, 1.165) is 4.57 Å². The number of halogens is 2. The third-order valence-corrected chi connectivity index (χ3v) is 2.86. The van der Waals surface area contributed by atoms with E-state index in [2.05, 4.69) is 4.98 Å². The predicted octanol–water partition coefficient (Wildman–Crippen LogP) is 1.89. The Kier molecular flexibility index (Phi) is 4.34. The fourth-order valence-corrected chi connectivity index (χ4v) is 1.67. The Bertz CT molecular complexity index is 280. The molecule has 0 aliphatic rings. The van der Waals surface area contributed by atoms with Gasteiger partial charge in [0.1, 0.15) is 5.82 Å². The molecule has 1 heterocycles. The summed E-state index contributed by atoms with van der Waals surface area (Å²) < 4.78 is 25.5. The van der Waals surface area contributed by atoms with Gasteiger partial charge in [0.05, 0.1) is 12.4 Å². The second-order valence-corrected chi connectivity index (χ2v) is 4.26. The van der Waals surface area contributed by atoms with Gasteiger partial charge in [-0.05, 0) is 0 Å². The van der Waals surface area contributed by atoms with Gasteiger partial charge in [0, 0.05) is 17.6 Å². The van der Waals surface area contributed by atoms with Crippen molar-refractivity contribution >= 4 is 11.8 Å². The molecule has 80 valence electrons. The summed E-state index contributed by atoms with van der Waals surface area (Å²) in [5.74, 6) is 0.726. The van der Waals surface area contributed by atoms with Gasteiger partial charge in [-0.15, -0.1) is 11.8 Å². The Balaban J connectivity index is 2.54. The fourth-order valence-electron chi connectivity index (χ4n) is 0.903. The number of thioether (sulfide) groups is 1. The molecular weight excluding hydrogens is 210 g/mol. The van der Waals surface area contributed by atoms with E-state index in [1.165, 1.54) is 24.2 Å². The molecule has 1 unspecified atom stereocenters. The van der Waals surface area contributed by atoms with Crippen LogP contribution < -0.4 is 0 Å². The zero-order valence-corrected chi connectivity index (χ0v) is 8.55. The first-order valence-electron chi connectivity index (χ1n) is 4.17. The minimum absolute atomic E-state index is 0.0397. The molecule has 0 aliphatic carbocycles. The summed E-state index contributed by atoms with van der Waals surface area (Å²) in [4.78, 5) is 3.82. The zero-order chi connectivity index (χ0) is 10.6. The molecule has 1 aromatic heterocycles. The van der Waals surface area contributed by atoms with Crippen molar-refractivity contribution in [3.63, 3.8) is 0 Å². The highest BCUT2D eigenvalue weighted by molar-refractivity contribution is 7.99. The molecule has 1 rings (SSSR count). The van der Waals surface area contributed by atoms with Crippen LogP contribution in [0.4, 0.5) is 8.78 Å². The van der Waals surface area contributed by atoms with Crippen molar-refractivity contribution in [2.75, 3.05) is 6.61 Å². The molecule has 0 amide bonds. The first-order valence-corrected chi connectivity index (χ1v) is 5.22. The van der Waals surface area contributed by atoms with Crippen LogP contribution in [0.1, 0.15) is 19.3 Å². The first kappa shape index (κ1) is 11.5. The summed E-state index contributed by atoms with van der Waals surface area (Å²) in [6, 6.07) is 0. The number of aromatic nitrogens is 2. The molecule has 1 atom stereocenters. The average molecular weight is 222 g/mol. The lowest BCUT2D eigenvalue weighted by molar-refractivity contribution is 0.0678. The number of imidazole rings is 1. The smallest absolute Gasteiger partial charge is 0.319 e. The van der Waals surface area contributed by atoms with E-state index in [-0.39, 0.29) is 11.9 Å². The lowest BCUT2D eigenvalue weighted by Crippen LogP contribution is -2.06. The molecule has 14 heavy (non-hydrogen) atoms. The molecule has 0 bridgehead atoms. The lowest BCUT2D eigenvalue weighted by Gasteiger charge is -2.08. The van der Waals surface area contributed by atoms with Crippen LogP contribution in [0.5, 0.6) is 0 Å². The highest BCUT2D eigenvalue weighted by Crippen LogP contribution is 2.19. The average Bonchev–Trinajstić information content (AvgIpc) is 2.62. The summed E-state index contributed by atoms with van der Waals surface area (Å²) in [6.45, 7) is -0.669. The van der Waals surface area contributed by atoms with Crippen molar-refractivity contribution in [3.8, 4) is 0 Å². The fraction of sp³-hybridized carbons (Fsp3) is 0.625. The van der Waals surface area contributed by atoms with Gasteiger partial charge in [-0.3, -0.25) is 4.57 Å². The van der Waals surface area contributed by atoms with Crippen LogP contribution in [0.2, 0.25) is 0 Å². The van der Waals surface area contributed by atoms with E-state index >= 15 is 0 Å². The van der Waals surface area contributed by atoms with Crippen LogP contribution in [-0.2, 0) is 5.75 Å². The van der Waals surface area contributed by atoms with Gasteiger partial charge in [0.2, 0.25) is 0 Å². The predicted molar refractivity (Wildman–Crippen MR) is 51.3 cm³/mol. The molecule has 0 saturated heterocycles. The Labute approximate surface area is 85.1 Å². The number of hydrogen-bond acceptors (Lipinski definition) is 3. The minimum atomic E-state index is -2.54. The second kappa shape index (κ2) is 5.31. The maximum atomic E-state index is 12.3. The van der Waals surface area contributed by atoms with Gasteiger partial charge in [0.15, 0.2) is 0 Å². The number of alkyl halides is 2. The van der Waals surface area contributed by atoms with E-state index in [4.69, 9.17) is 5.11 Å². The van der Waals surface area contributed by atoms with Crippen molar-refractivity contribution in [2.45, 2.75) is 24.5 Å². The van der Waals surface area contributed by atoms with E-state index in [9.17, 15) is 8.78 Å². The van der Waals surface area contributed by atoms with Gasteiger partial charge in [-0.2, -0.15) is 8.78 Å². The van der Waals surface area contributed by atoms with E-state index in [1.807, 2.05) is 6.92 Å². The summed E-state index contributed by atoms with van der Waals surface area (Å²) in [6.07, 6.45) is 2.61. The number of hydrogen-bond donors (Lipinski definition) is 1. The van der Waals surface area contributed by atoms with Crippen LogP contribution in [0.25, 0.3) is 0 Å². The van der Waals surface area contributed by atoms with E-state index < -0.39 is 6.55 Å². The SMILES string of the molecule is CC(CO)SCc1nccn1C(F)F. The van der Waals surface area contributed by atoms with Crippen LogP contribution in [0.15, 0.2) is 12.4 Å². The maximum absolute atomic E-state index is 12.3. The summed E-state index contributed by atoms with van der Waals surface area (Å²) in [7, 11) is 0. The maximum Gasteiger partial charge on any atom is 0.319 e. The van der Waals surface area contributed by atoms with Gasteiger partial charge in [-0.1, -0.05) is 6.92 Å². The third kappa shape index (κ3) is 2.95. The second-order valence-electron chi connectivity index (χ2n) is 2.83. The van der Waals surface area contributed by atoms with Crippen molar-refractivity contribution in [2.24, 2.45) is 0 Å². The Hall–Kier alpha value is -0.620. The Morgan fingerprint density at radius 3 is 2.93 bits per heavy atom. The highest BCUT2D eigenvalue weighted by Gasteiger charge is 2.12. The normalized spacial score (nSPS) is 13.5. The molecule has 0 aromatic carbocycles. The van der Waals surface area contributed by atoms with E-state index in [0.29, 0.717) is 11.6 Å². The van der Waals surface area contributed by atoms with Crippen molar-refractivity contribution < 1.29 is 13.9 Å². The highest BCUT2D eigenvalue weighted by atomic mass is 32.2. The summed E-state index contributed by atoms with van der Waals surface area (Å²) in [5, 5.41) is 8.79. The van der Waals surface area contributed by atoms with Gasteiger partial charge in [-0.25, -0.2) is 4.98 Å². The number of nitrogens with zero attached hydrogens (tertiary/aromatic N) is 2. The van der Waals surface area contributed by atoms with Crippen LogP contribution in [0.3, 0.4) is 0 Å². The van der Waals surface area contributed by atoms with Crippen molar-refractivity contribution in [3.05, 3.63) is 18.2 Å². The summed E-state index contributed by atoms with van der Waals surface area (Å²) >= 11 is 1.40. The van der Waals surface area contributed by atoms with Crippen LogP contribution in [0, 0.1) is 0 Å². The van der Waals surface area contributed by atoms with Gasteiger partial charge < -0.3 is 5.11 Å². The quantitative estimate of drug-likeness (QED) is 0.826. The van der Waals surface area contributed by atoms with Gasteiger partial charge >= 0.3 is 6.55 Å². The molecule has 0 spiro atoms. The standard InChI is InChI=1S/C8H12F2N2OS/c1-6(4-13)14-5-7-11-2-3-12(7)8(9)10/h2-3,6,8,13H,4-5H2,1H3. The van der Waals surface area contributed by atoms with Crippen molar-refractivity contribution in [1.82, 2.24) is 9.55 Å². The molecular formula is C8H12F2N2OS. The topological polar surface area (TPSA) is 38.1 Å². The first-order chi connectivity index (χ1) is 6.65. The monoisotopic (exact) mass is 222 g/mol. The lowest BCUT2D eigenvalue weighted by atomic mass is 10.5. The van der Waals surface area contributed by atoms with Crippen LogP contribution in [-0.4, -0.2) is 26.5 Å². The molecule has 1 N–H and O–H groups in total. The molecule has 0 fully saturated rings.